The van der Waals surface area contributed by atoms with Crippen molar-refractivity contribution in [3.8, 4) is 5.75 Å². The van der Waals surface area contributed by atoms with E-state index in [2.05, 4.69) is 5.32 Å². The summed E-state index contributed by atoms with van der Waals surface area (Å²) in [4.78, 5) is 28.8. The Hall–Kier alpha value is -4.01. The monoisotopic (exact) mass is 497 g/mol. The van der Waals surface area contributed by atoms with Crippen LogP contribution < -0.4 is 10.1 Å². The van der Waals surface area contributed by atoms with E-state index in [0.29, 0.717) is 55.2 Å². The van der Waals surface area contributed by atoms with Crippen LogP contribution in [0.15, 0.2) is 78.9 Å². The van der Waals surface area contributed by atoms with Crippen molar-refractivity contribution in [2.45, 2.75) is 12.6 Å². The number of carbonyl (C=O) groups is 2. The summed E-state index contributed by atoms with van der Waals surface area (Å²) < 4.78 is 44.4. The Morgan fingerprint density at radius 1 is 0.833 bits per heavy atom. The number of hydrogen-bond acceptors (Lipinski definition) is 3. The van der Waals surface area contributed by atoms with Crippen molar-refractivity contribution in [1.82, 2.24) is 9.80 Å². The van der Waals surface area contributed by atoms with Gasteiger partial charge < -0.3 is 19.9 Å². The highest BCUT2D eigenvalue weighted by Gasteiger charge is 2.30. The van der Waals surface area contributed by atoms with Gasteiger partial charge in [-0.05, 0) is 42.0 Å². The van der Waals surface area contributed by atoms with Gasteiger partial charge in [0.1, 0.15) is 5.75 Å². The van der Waals surface area contributed by atoms with Crippen molar-refractivity contribution in [2.24, 2.45) is 0 Å². The van der Waals surface area contributed by atoms with Gasteiger partial charge in [-0.3, -0.25) is 4.79 Å². The fourth-order valence-corrected chi connectivity index (χ4v) is 3.93. The maximum atomic E-state index is 13.0. The standard InChI is InChI=1S/C27H26F3N3O3/c28-27(29,30)22-8-4-6-20(18-22)12-17-36-24-11-5-7-21(19-24)25(34)32-13-15-33(16-14-32)26(35)31-23-9-2-1-3-10-23/h1-11,18-19H,12-17H2,(H,31,35). The molecule has 3 amide bonds. The normalized spacial score (nSPS) is 13.9. The summed E-state index contributed by atoms with van der Waals surface area (Å²) in [7, 11) is 0. The minimum atomic E-state index is -4.39. The van der Waals surface area contributed by atoms with E-state index in [1.165, 1.54) is 6.07 Å². The number of para-hydroxylation sites is 1. The molecule has 1 heterocycles. The highest BCUT2D eigenvalue weighted by molar-refractivity contribution is 5.95. The van der Waals surface area contributed by atoms with Crippen LogP contribution in [0.3, 0.4) is 0 Å². The highest BCUT2D eigenvalue weighted by atomic mass is 19.4. The first-order valence-corrected chi connectivity index (χ1v) is 11.6. The molecule has 188 valence electrons. The zero-order chi connectivity index (χ0) is 25.5. The number of anilines is 1. The quantitative estimate of drug-likeness (QED) is 0.502. The highest BCUT2D eigenvalue weighted by Crippen LogP contribution is 2.29. The summed E-state index contributed by atoms with van der Waals surface area (Å²) in [6, 6.07) is 20.9. The molecule has 3 aromatic carbocycles. The number of halogens is 3. The molecule has 0 aromatic heterocycles. The molecule has 0 radical (unpaired) electrons. The average Bonchev–Trinajstić information content (AvgIpc) is 2.89. The number of piperazine rings is 1. The number of urea groups is 1. The molecule has 4 rings (SSSR count). The third-order valence-electron chi connectivity index (χ3n) is 5.87. The van der Waals surface area contributed by atoms with Crippen molar-refractivity contribution in [1.29, 1.82) is 0 Å². The molecular formula is C27H26F3N3O3. The van der Waals surface area contributed by atoms with E-state index in [4.69, 9.17) is 4.74 Å². The lowest BCUT2D eigenvalue weighted by Gasteiger charge is -2.34. The van der Waals surface area contributed by atoms with Crippen molar-refractivity contribution in [3.05, 3.63) is 95.6 Å². The zero-order valence-corrected chi connectivity index (χ0v) is 19.5. The van der Waals surface area contributed by atoms with E-state index >= 15 is 0 Å². The summed E-state index contributed by atoms with van der Waals surface area (Å²) >= 11 is 0. The van der Waals surface area contributed by atoms with Gasteiger partial charge >= 0.3 is 12.2 Å². The van der Waals surface area contributed by atoms with E-state index in [1.807, 2.05) is 30.3 Å². The molecule has 1 aliphatic heterocycles. The van der Waals surface area contributed by atoms with Gasteiger partial charge in [-0.2, -0.15) is 13.2 Å². The number of nitrogens with zero attached hydrogens (tertiary/aromatic N) is 2. The molecular weight excluding hydrogens is 471 g/mol. The molecule has 0 atom stereocenters. The lowest BCUT2D eigenvalue weighted by Crippen LogP contribution is -2.51. The minimum absolute atomic E-state index is 0.165. The molecule has 0 unspecified atom stereocenters. The second-order valence-corrected chi connectivity index (χ2v) is 8.40. The maximum absolute atomic E-state index is 13.0. The number of nitrogens with one attached hydrogen (secondary N) is 1. The Balaban J connectivity index is 1.27. The Labute approximate surface area is 207 Å². The first-order chi connectivity index (χ1) is 17.3. The van der Waals surface area contributed by atoms with Crippen molar-refractivity contribution < 1.29 is 27.5 Å². The van der Waals surface area contributed by atoms with Gasteiger partial charge in [-0.1, -0.05) is 42.5 Å². The number of benzene rings is 3. The van der Waals surface area contributed by atoms with Crippen molar-refractivity contribution in [3.63, 3.8) is 0 Å². The third-order valence-corrected chi connectivity index (χ3v) is 5.87. The van der Waals surface area contributed by atoms with Gasteiger partial charge in [0.15, 0.2) is 0 Å². The van der Waals surface area contributed by atoms with Crippen LogP contribution in [0.5, 0.6) is 5.75 Å². The van der Waals surface area contributed by atoms with Gasteiger partial charge in [0.2, 0.25) is 0 Å². The first kappa shape index (κ1) is 25.1. The lowest BCUT2D eigenvalue weighted by atomic mass is 10.1. The topological polar surface area (TPSA) is 61.9 Å². The van der Waals surface area contributed by atoms with Crippen LogP contribution in [0.25, 0.3) is 0 Å². The number of carbonyl (C=O) groups excluding carboxylic acids is 2. The van der Waals surface area contributed by atoms with Crippen LogP contribution in [-0.4, -0.2) is 54.5 Å². The minimum Gasteiger partial charge on any atom is -0.493 e. The molecule has 0 spiro atoms. The largest absolute Gasteiger partial charge is 0.493 e. The zero-order valence-electron chi connectivity index (χ0n) is 19.5. The van der Waals surface area contributed by atoms with Crippen LogP contribution in [0.2, 0.25) is 0 Å². The first-order valence-electron chi connectivity index (χ1n) is 11.6. The van der Waals surface area contributed by atoms with Crippen LogP contribution in [-0.2, 0) is 12.6 Å². The van der Waals surface area contributed by atoms with E-state index in [0.717, 1.165) is 12.1 Å². The lowest BCUT2D eigenvalue weighted by molar-refractivity contribution is -0.137. The fraction of sp³-hybridized carbons (Fsp3) is 0.259. The van der Waals surface area contributed by atoms with Crippen LogP contribution in [0.1, 0.15) is 21.5 Å². The Kier molecular flexibility index (Phi) is 7.77. The molecule has 3 aromatic rings. The summed E-state index contributed by atoms with van der Waals surface area (Å²) in [6.07, 6.45) is -4.09. The van der Waals surface area contributed by atoms with E-state index < -0.39 is 11.7 Å². The maximum Gasteiger partial charge on any atom is 0.416 e. The second-order valence-electron chi connectivity index (χ2n) is 8.40. The number of amides is 3. The van der Waals surface area contributed by atoms with E-state index in [-0.39, 0.29) is 18.5 Å². The van der Waals surface area contributed by atoms with Crippen LogP contribution in [0, 0.1) is 0 Å². The Morgan fingerprint density at radius 2 is 1.53 bits per heavy atom. The molecule has 1 aliphatic rings. The molecule has 36 heavy (non-hydrogen) atoms. The average molecular weight is 498 g/mol. The van der Waals surface area contributed by atoms with Gasteiger partial charge in [-0.25, -0.2) is 4.79 Å². The van der Waals surface area contributed by atoms with Crippen LogP contribution >= 0.6 is 0 Å². The number of alkyl halides is 3. The number of rotatable bonds is 6. The molecule has 0 bridgehead atoms. The summed E-state index contributed by atoms with van der Waals surface area (Å²) in [5.41, 5.74) is 0.996. The second kappa shape index (κ2) is 11.2. The summed E-state index contributed by atoms with van der Waals surface area (Å²) in [6.45, 7) is 1.81. The third kappa shape index (κ3) is 6.56. The molecule has 1 N–H and O–H groups in total. The number of ether oxygens (including phenoxy) is 1. The van der Waals surface area contributed by atoms with E-state index in [1.54, 1.807) is 40.1 Å². The molecule has 0 saturated carbocycles. The fourth-order valence-electron chi connectivity index (χ4n) is 3.93. The summed E-state index contributed by atoms with van der Waals surface area (Å²) in [5.74, 6) is 0.301. The number of hydrogen-bond donors (Lipinski definition) is 1. The molecule has 9 heteroatoms. The molecule has 1 saturated heterocycles. The van der Waals surface area contributed by atoms with Gasteiger partial charge in [0.05, 0.1) is 12.2 Å². The molecule has 0 aliphatic carbocycles. The molecule has 1 fully saturated rings. The SMILES string of the molecule is O=C(Nc1ccccc1)N1CCN(C(=O)c2cccc(OCCc3cccc(C(F)(F)F)c3)c2)CC1. The van der Waals surface area contributed by atoms with Crippen molar-refractivity contribution in [2.75, 3.05) is 38.1 Å². The van der Waals surface area contributed by atoms with Crippen molar-refractivity contribution >= 4 is 17.6 Å². The van der Waals surface area contributed by atoms with E-state index in [9.17, 15) is 22.8 Å². The predicted octanol–water partition coefficient (Wildman–Crippen LogP) is 5.32. The van der Waals surface area contributed by atoms with Gasteiger partial charge in [0, 0.05) is 43.9 Å². The van der Waals surface area contributed by atoms with Gasteiger partial charge in [-0.15, -0.1) is 0 Å². The molecule has 6 nitrogen and oxygen atoms in total. The smallest absolute Gasteiger partial charge is 0.416 e. The Bertz CT molecular complexity index is 1190. The Morgan fingerprint density at radius 3 is 2.25 bits per heavy atom. The van der Waals surface area contributed by atoms with Gasteiger partial charge in [0.25, 0.3) is 5.91 Å². The predicted molar refractivity (Wildman–Crippen MR) is 130 cm³/mol. The van der Waals surface area contributed by atoms with Crippen LogP contribution in [0.4, 0.5) is 23.7 Å². The summed E-state index contributed by atoms with van der Waals surface area (Å²) in [5, 5.41) is 2.85.